The molecule has 0 fully saturated rings. The Hall–Kier alpha value is -2.08. The molecule has 0 aliphatic rings. The van der Waals surface area contributed by atoms with Crippen LogP contribution in [-0.2, 0) is 19.4 Å². The second-order valence-electron chi connectivity index (χ2n) is 5.33. The van der Waals surface area contributed by atoms with E-state index in [1.807, 2.05) is 21.0 Å². The average Bonchev–Trinajstić information content (AvgIpc) is 2.45. The van der Waals surface area contributed by atoms with E-state index in [9.17, 15) is 13.2 Å². The van der Waals surface area contributed by atoms with E-state index in [1.54, 1.807) is 43.2 Å². The molecular formula is C17H23NO4S. The highest BCUT2D eigenvalue weighted by atomic mass is 32.2. The molecule has 23 heavy (non-hydrogen) atoms. The average molecular weight is 337 g/mol. The van der Waals surface area contributed by atoms with Gasteiger partial charge >= 0.3 is 5.97 Å². The van der Waals surface area contributed by atoms with Crippen LogP contribution in [0.25, 0.3) is 0 Å². The van der Waals surface area contributed by atoms with Crippen LogP contribution in [0.15, 0.2) is 51.9 Å². The predicted octanol–water partition coefficient (Wildman–Crippen LogP) is 2.68. The summed E-state index contributed by atoms with van der Waals surface area (Å²) in [6.45, 7) is 5.19. The lowest BCUT2D eigenvalue weighted by atomic mass is 10.2. The van der Waals surface area contributed by atoms with E-state index in [2.05, 4.69) is 0 Å². The Morgan fingerprint density at radius 3 is 2.26 bits per heavy atom. The summed E-state index contributed by atoms with van der Waals surface area (Å²) in [6, 6.07) is 6.38. The number of rotatable bonds is 6. The molecule has 0 amide bonds. The summed E-state index contributed by atoms with van der Waals surface area (Å²) in [5, 5.41) is 0. The van der Waals surface area contributed by atoms with Crippen molar-refractivity contribution in [2.75, 3.05) is 20.7 Å². The smallest absolute Gasteiger partial charge is 0.350 e. The van der Waals surface area contributed by atoms with Crippen molar-refractivity contribution < 1.29 is 17.9 Å². The Morgan fingerprint density at radius 2 is 1.78 bits per heavy atom. The van der Waals surface area contributed by atoms with Crippen molar-refractivity contribution in [1.29, 1.82) is 0 Å². The van der Waals surface area contributed by atoms with Gasteiger partial charge in [-0.1, -0.05) is 17.7 Å². The summed E-state index contributed by atoms with van der Waals surface area (Å²) < 4.78 is 30.6. The number of nitrogens with zero attached hydrogens (tertiary/aromatic N) is 1. The van der Waals surface area contributed by atoms with Gasteiger partial charge < -0.3 is 9.64 Å². The van der Waals surface area contributed by atoms with Crippen molar-refractivity contribution in [3.8, 4) is 0 Å². The Morgan fingerprint density at radius 1 is 1.22 bits per heavy atom. The molecule has 0 bridgehead atoms. The minimum Gasteiger partial charge on any atom is -0.462 e. The van der Waals surface area contributed by atoms with E-state index in [0.717, 1.165) is 5.56 Å². The molecular weight excluding hydrogens is 314 g/mol. The van der Waals surface area contributed by atoms with Crippen LogP contribution < -0.4 is 0 Å². The fourth-order valence-corrected chi connectivity index (χ4v) is 3.35. The van der Waals surface area contributed by atoms with Crippen molar-refractivity contribution in [2.45, 2.75) is 25.7 Å². The maximum Gasteiger partial charge on any atom is 0.350 e. The van der Waals surface area contributed by atoms with Gasteiger partial charge in [0.2, 0.25) is 9.84 Å². The highest BCUT2D eigenvalue weighted by Crippen LogP contribution is 2.24. The maximum atomic E-state index is 12.8. The van der Waals surface area contributed by atoms with Crippen LogP contribution in [0.4, 0.5) is 0 Å². The van der Waals surface area contributed by atoms with Gasteiger partial charge in [0, 0.05) is 14.1 Å². The zero-order chi connectivity index (χ0) is 17.6. The number of carbonyl (C=O) groups is 1. The van der Waals surface area contributed by atoms with Crippen LogP contribution in [0.1, 0.15) is 19.4 Å². The molecule has 0 N–H and O–H groups in total. The highest BCUT2D eigenvalue weighted by Gasteiger charge is 2.29. The molecule has 0 saturated carbocycles. The largest absolute Gasteiger partial charge is 0.462 e. The molecule has 1 aromatic carbocycles. The lowest BCUT2D eigenvalue weighted by Gasteiger charge is -2.12. The number of sulfone groups is 1. The monoisotopic (exact) mass is 337 g/mol. The minimum absolute atomic E-state index is 0.0729. The topological polar surface area (TPSA) is 63.7 Å². The van der Waals surface area contributed by atoms with Gasteiger partial charge in [-0.2, -0.15) is 0 Å². The Balaban J connectivity index is 3.47. The van der Waals surface area contributed by atoms with Gasteiger partial charge in [0.15, 0.2) is 4.91 Å². The summed E-state index contributed by atoms with van der Waals surface area (Å²) in [6.07, 6.45) is 3.26. The van der Waals surface area contributed by atoms with Crippen LogP contribution >= 0.6 is 0 Å². The van der Waals surface area contributed by atoms with Crippen LogP contribution in [0.2, 0.25) is 0 Å². The highest BCUT2D eigenvalue weighted by molar-refractivity contribution is 7.96. The summed E-state index contributed by atoms with van der Waals surface area (Å²) >= 11 is 0. The molecule has 0 radical (unpaired) electrons. The van der Waals surface area contributed by atoms with Crippen LogP contribution in [-0.4, -0.2) is 40.0 Å². The number of hydrogen-bond acceptors (Lipinski definition) is 5. The number of benzene rings is 1. The third-order valence-corrected chi connectivity index (χ3v) is 4.96. The van der Waals surface area contributed by atoms with Crippen molar-refractivity contribution in [2.24, 2.45) is 0 Å². The van der Waals surface area contributed by atoms with Crippen LogP contribution in [0.3, 0.4) is 0 Å². The lowest BCUT2D eigenvalue weighted by molar-refractivity contribution is -0.137. The predicted molar refractivity (Wildman–Crippen MR) is 90.5 cm³/mol. The van der Waals surface area contributed by atoms with Crippen molar-refractivity contribution in [1.82, 2.24) is 4.90 Å². The Labute approximate surface area is 138 Å². The van der Waals surface area contributed by atoms with E-state index >= 15 is 0 Å². The molecule has 126 valence electrons. The fraction of sp³-hybridized carbons (Fsp3) is 0.353. The van der Waals surface area contributed by atoms with Gasteiger partial charge in [-0.25, -0.2) is 13.2 Å². The van der Waals surface area contributed by atoms with Gasteiger partial charge in [0.05, 0.1) is 11.5 Å². The molecule has 1 aromatic rings. The molecule has 0 heterocycles. The first-order valence-corrected chi connectivity index (χ1v) is 8.72. The summed E-state index contributed by atoms with van der Waals surface area (Å²) in [5.41, 5.74) is 1.27. The fourth-order valence-electron chi connectivity index (χ4n) is 1.85. The van der Waals surface area contributed by atoms with Gasteiger partial charge in [-0.3, -0.25) is 0 Å². The zero-order valence-electron chi connectivity index (χ0n) is 14.2. The van der Waals surface area contributed by atoms with Crippen molar-refractivity contribution in [3.63, 3.8) is 0 Å². The van der Waals surface area contributed by atoms with E-state index in [-0.39, 0.29) is 16.4 Å². The molecule has 0 aromatic heterocycles. The molecule has 5 nitrogen and oxygen atoms in total. The van der Waals surface area contributed by atoms with E-state index in [1.165, 1.54) is 12.1 Å². The normalized spacial score (nSPS) is 12.9. The SMILES string of the molecule is CCOC(=O)/C(=C(C)/C=C/N(C)C)S(=O)(=O)c1ccc(C)cc1. The third kappa shape index (κ3) is 4.96. The zero-order valence-corrected chi connectivity index (χ0v) is 15.0. The van der Waals surface area contributed by atoms with Gasteiger partial charge in [-0.05, 0) is 50.8 Å². The number of ether oxygens (including phenoxy) is 1. The van der Waals surface area contributed by atoms with Crippen molar-refractivity contribution in [3.05, 3.63) is 52.6 Å². The molecule has 0 unspecified atom stereocenters. The molecule has 0 aliphatic carbocycles. The second kappa shape index (κ2) is 7.97. The maximum absolute atomic E-state index is 12.8. The molecule has 0 aliphatic heterocycles. The number of aryl methyl sites for hydroxylation is 1. The van der Waals surface area contributed by atoms with Crippen molar-refractivity contribution >= 4 is 15.8 Å². The number of esters is 1. The van der Waals surface area contributed by atoms with Gasteiger partial charge in [-0.15, -0.1) is 0 Å². The first-order chi connectivity index (χ1) is 10.7. The van der Waals surface area contributed by atoms with Gasteiger partial charge in [0.1, 0.15) is 0 Å². The van der Waals surface area contributed by atoms with E-state index in [4.69, 9.17) is 4.74 Å². The van der Waals surface area contributed by atoms with Gasteiger partial charge in [0.25, 0.3) is 0 Å². The standard InChI is InChI=1S/C17H23NO4S/c1-6-22-17(19)16(14(3)11-12-18(4)5)23(20,21)15-9-7-13(2)8-10-15/h7-12H,6H2,1-5H3/b12-11+,16-14-. The first-order valence-electron chi connectivity index (χ1n) is 7.24. The van der Waals surface area contributed by atoms with Crippen LogP contribution in [0, 0.1) is 6.92 Å². The van der Waals surface area contributed by atoms with E-state index < -0.39 is 15.8 Å². The molecule has 6 heteroatoms. The third-order valence-electron chi connectivity index (χ3n) is 3.04. The molecule has 1 rings (SSSR count). The van der Waals surface area contributed by atoms with E-state index in [0.29, 0.717) is 5.57 Å². The Kier molecular flexibility index (Phi) is 6.57. The lowest BCUT2D eigenvalue weighted by Crippen LogP contribution is -2.18. The number of carbonyl (C=O) groups excluding carboxylic acids is 1. The molecule has 0 atom stereocenters. The summed E-state index contributed by atoms with van der Waals surface area (Å²) in [5.74, 6) is -0.839. The number of hydrogen-bond donors (Lipinski definition) is 0. The second-order valence-corrected chi connectivity index (χ2v) is 7.21. The summed E-state index contributed by atoms with van der Waals surface area (Å²) in [4.78, 5) is 13.7. The summed E-state index contributed by atoms with van der Waals surface area (Å²) in [7, 11) is -0.335. The quantitative estimate of drug-likeness (QED) is 0.454. The molecule has 0 saturated heterocycles. The molecule has 0 spiro atoms. The minimum atomic E-state index is -3.95. The number of allylic oxidation sites excluding steroid dienone is 2. The Bertz CT molecular complexity index is 713. The first kappa shape index (κ1) is 19.0. The van der Waals surface area contributed by atoms with Crippen LogP contribution in [0.5, 0.6) is 0 Å².